The van der Waals surface area contributed by atoms with Crippen molar-refractivity contribution in [1.29, 1.82) is 0 Å². The summed E-state index contributed by atoms with van der Waals surface area (Å²) in [6, 6.07) is 13.6. The third kappa shape index (κ3) is 5.40. The van der Waals surface area contributed by atoms with Crippen molar-refractivity contribution >= 4 is 22.0 Å². The lowest BCUT2D eigenvalue weighted by Gasteiger charge is -2.25. The van der Waals surface area contributed by atoms with Gasteiger partial charge in [-0.3, -0.25) is 9.69 Å². The van der Waals surface area contributed by atoms with Crippen molar-refractivity contribution < 1.29 is 22.4 Å². The maximum Gasteiger partial charge on any atom is 0.325 e. The smallest absolute Gasteiger partial charge is 0.325 e. The van der Waals surface area contributed by atoms with Crippen molar-refractivity contribution in [3.05, 3.63) is 66.0 Å². The van der Waals surface area contributed by atoms with Gasteiger partial charge in [-0.1, -0.05) is 30.3 Å². The Kier molecular flexibility index (Phi) is 7.06. The fourth-order valence-electron chi connectivity index (χ4n) is 4.15. The van der Waals surface area contributed by atoms with Gasteiger partial charge in [-0.15, -0.1) is 0 Å². The van der Waals surface area contributed by atoms with Crippen molar-refractivity contribution in [2.24, 2.45) is 0 Å². The molecule has 2 heterocycles. The van der Waals surface area contributed by atoms with Gasteiger partial charge in [0.2, 0.25) is 10.0 Å². The van der Waals surface area contributed by atoms with E-state index in [9.17, 15) is 22.4 Å². The van der Waals surface area contributed by atoms with Crippen LogP contribution in [-0.4, -0.2) is 73.4 Å². The lowest BCUT2D eigenvalue weighted by molar-refractivity contribution is -0.129. The highest BCUT2D eigenvalue weighted by molar-refractivity contribution is 7.89. The van der Waals surface area contributed by atoms with E-state index in [1.54, 1.807) is 0 Å². The number of benzene rings is 2. The van der Waals surface area contributed by atoms with Crippen LogP contribution in [0.3, 0.4) is 0 Å². The van der Waals surface area contributed by atoms with Gasteiger partial charge in [0.25, 0.3) is 5.91 Å². The van der Waals surface area contributed by atoms with Crippen LogP contribution in [-0.2, 0) is 21.2 Å². The minimum Gasteiger partial charge on any atom is -0.326 e. The second-order valence-electron chi connectivity index (χ2n) is 8.26. The molecule has 1 N–H and O–H groups in total. The zero-order valence-electron chi connectivity index (χ0n) is 18.2. The fraction of sp³-hybridized carbons (Fsp3) is 0.391. The molecule has 8 nitrogen and oxygen atoms in total. The van der Waals surface area contributed by atoms with E-state index in [0.29, 0.717) is 38.9 Å². The summed E-state index contributed by atoms with van der Waals surface area (Å²) in [7, 11) is -3.74. The zero-order chi connectivity index (χ0) is 23.4. The number of hydrogen-bond donors (Lipinski definition) is 1. The molecule has 176 valence electrons. The number of nitrogens with one attached hydrogen (secondary N) is 1. The molecule has 0 radical (unpaired) electrons. The minimum absolute atomic E-state index is 0.0488. The Labute approximate surface area is 193 Å². The normalized spacial score (nSPS) is 20.6. The number of hydrogen-bond acceptors (Lipinski definition) is 5. The van der Waals surface area contributed by atoms with Crippen LogP contribution in [0.5, 0.6) is 0 Å². The molecule has 2 aromatic carbocycles. The summed E-state index contributed by atoms with van der Waals surface area (Å²) in [5.41, 5.74) is 1.10. The van der Waals surface area contributed by atoms with Crippen molar-refractivity contribution in [2.75, 3.05) is 32.8 Å². The van der Waals surface area contributed by atoms with Crippen LogP contribution in [0, 0.1) is 5.82 Å². The number of amides is 3. The van der Waals surface area contributed by atoms with Gasteiger partial charge in [-0.05, 0) is 49.1 Å². The number of carbonyl (C=O) groups excluding carboxylic acids is 2. The van der Waals surface area contributed by atoms with Crippen LogP contribution in [0.1, 0.15) is 18.4 Å². The second kappa shape index (κ2) is 9.98. The molecule has 0 spiro atoms. The molecule has 0 saturated carbocycles. The summed E-state index contributed by atoms with van der Waals surface area (Å²) in [5.74, 6) is -0.748. The fourth-order valence-corrected chi connectivity index (χ4v) is 5.62. The van der Waals surface area contributed by atoms with E-state index in [1.807, 2.05) is 35.2 Å². The van der Waals surface area contributed by atoms with Crippen molar-refractivity contribution in [3.8, 4) is 0 Å². The highest BCUT2D eigenvalue weighted by atomic mass is 32.2. The van der Waals surface area contributed by atoms with Gasteiger partial charge < -0.3 is 5.32 Å². The first-order valence-electron chi connectivity index (χ1n) is 11.0. The number of urea groups is 1. The summed E-state index contributed by atoms with van der Waals surface area (Å²) in [4.78, 5) is 28.4. The van der Waals surface area contributed by atoms with Crippen molar-refractivity contribution in [2.45, 2.75) is 30.2 Å². The van der Waals surface area contributed by atoms with E-state index in [0.717, 1.165) is 17.7 Å². The summed E-state index contributed by atoms with van der Waals surface area (Å²) >= 11 is 0. The van der Waals surface area contributed by atoms with Crippen LogP contribution in [0.4, 0.5) is 9.18 Å². The highest BCUT2D eigenvalue weighted by Crippen LogP contribution is 2.19. The first kappa shape index (κ1) is 23.3. The molecule has 1 atom stereocenters. The number of aryl methyl sites for hydroxylation is 1. The van der Waals surface area contributed by atoms with Crippen LogP contribution in [0.25, 0.3) is 0 Å². The average molecular weight is 475 g/mol. The monoisotopic (exact) mass is 474 g/mol. The number of nitrogens with zero attached hydrogens (tertiary/aromatic N) is 3. The Hall–Kier alpha value is -2.82. The maximum atomic E-state index is 13.2. The molecule has 2 aliphatic heterocycles. The number of rotatable bonds is 7. The van der Waals surface area contributed by atoms with Crippen molar-refractivity contribution in [1.82, 2.24) is 19.4 Å². The Balaban J connectivity index is 1.33. The van der Waals surface area contributed by atoms with Crippen LogP contribution < -0.4 is 5.32 Å². The Morgan fingerprint density at radius 1 is 0.939 bits per heavy atom. The molecule has 0 aliphatic carbocycles. The SMILES string of the molecule is O=C1NC(CCc2ccccc2)C(=O)N1CN1CCCN(S(=O)(=O)c2ccc(F)cc2)CC1. The first-order valence-corrected chi connectivity index (χ1v) is 12.4. The molecule has 2 aliphatic rings. The molecule has 2 saturated heterocycles. The predicted octanol–water partition coefficient (Wildman–Crippen LogP) is 2.03. The molecule has 0 bridgehead atoms. The van der Waals surface area contributed by atoms with E-state index in [4.69, 9.17) is 0 Å². The van der Waals surface area contributed by atoms with E-state index in [2.05, 4.69) is 5.32 Å². The second-order valence-corrected chi connectivity index (χ2v) is 10.2. The van der Waals surface area contributed by atoms with Gasteiger partial charge in [0, 0.05) is 26.2 Å². The highest BCUT2D eigenvalue weighted by Gasteiger charge is 2.38. The number of carbonyl (C=O) groups is 2. The molecule has 33 heavy (non-hydrogen) atoms. The van der Waals surface area contributed by atoms with E-state index in [1.165, 1.54) is 21.3 Å². The van der Waals surface area contributed by atoms with E-state index in [-0.39, 0.29) is 24.0 Å². The standard InChI is InChI=1S/C23H27FN4O4S/c24-19-8-10-20(11-9-19)33(31,32)27-14-4-13-26(15-16-27)17-28-22(29)21(25-23(28)30)12-7-18-5-2-1-3-6-18/h1-3,5-6,8-11,21H,4,7,12-17H2,(H,25,30). The Morgan fingerprint density at radius 2 is 1.67 bits per heavy atom. The molecular weight excluding hydrogens is 447 g/mol. The minimum atomic E-state index is -3.74. The molecule has 10 heteroatoms. The van der Waals surface area contributed by atoms with Gasteiger partial charge in [0.1, 0.15) is 11.9 Å². The first-order chi connectivity index (χ1) is 15.8. The molecule has 3 amide bonds. The van der Waals surface area contributed by atoms with Gasteiger partial charge in [0.05, 0.1) is 11.6 Å². The summed E-state index contributed by atoms with van der Waals surface area (Å²) in [6.45, 7) is 1.60. The van der Waals surface area contributed by atoms with Crippen molar-refractivity contribution in [3.63, 3.8) is 0 Å². The molecule has 0 aromatic heterocycles. The lowest BCUT2D eigenvalue weighted by Crippen LogP contribution is -2.43. The Morgan fingerprint density at radius 3 is 2.39 bits per heavy atom. The zero-order valence-corrected chi connectivity index (χ0v) is 19.0. The topological polar surface area (TPSA) is 90.0 Å². The molecule has 2 aromatic rings. The molecule has 2 fully saturated rings. The Bertz CT molecular complexity index is 1100. The number of halogens is 1. The van der Waals surface area contributed by atoms with Gasteiger partial charge >= 0.3 is 6.03 Å². The number of imide groups is 1. The third-order valence-electron chi connectivity index (χ3n) is 6.01. The van der Waals surface area contributed by atoms with Gasteiger partial charge in [-0.2, -0.15) is 4.31 Å². The quantitative estimate of drug-likeness (QED) is 0.621. The van der Waals surface area contributed by atoms with Crippen LogP contribution in [0.2, 0.25) is 0 Å². The average Bonchev–Trinajstić information content (AvgIpc) is 2.97. The maximum absolute atomic E-state index is 13.2. The lowest BCUT2D eigenvalue weighted by atomic mass is 10.1. The van der Waals surface area contributed by atoms with Gasteiger partial charge in [-0.25, -0.2) is 22.5 Å². The van der Waals surface area contributed by atoms with E-state index >= 15 is 0 Å². The summed E-state index contributed by atoms with van der Waals surface area (Å²) in [5, 5.41) is 2.76. The number of sulfonamides is 1. The van der Waals surface area contributed by atoms with Crippen LogP contribution in [0.15, 0.2) is 59.5 Å². The van der Waals surface area contributed by atoms with E-state index < -0.39 is 27.9 Å². The van der Waals surface area contributed by atoms with Gasteiger partial charge in [0.15, 0.2) is 0 Å². The summed E-state index contributed by atoms with van der Waals surface area (Å²) < 4.78 is 40.3. The molecular formula is C23H27FN4O4S. The molecule has 1 unspecified atom stereocenters. The largest absolute Gasteiger partial charge is 0.326 e. The van der Waals surface area contributed by atoms with Crippen LogP contribution >= 0.6 is 0 Å². The predicted molar refractivity (Wildman–Crippen MR) is 120 cm³/mol. The molecule has 4 rings (SSSR count). The summed E-state index contributed by atoms with van der Waals surface area (Å²) in [6.07, 6.45) is 1.77. The third-order valence-corrected chi connectivity index (χ3v) is 7.92.